The summed E-state index contributed by atoms with van der Waals surface area (Å²) in [6.45, 7) is 8.84. The molecule has 3 aromatic rings. The Morgan fingerprint density at radius 2 is 1.76 bits per heavy atom. The Hall–Kier alpha value is -2.29. The molecule has 5 heterocycles. The third kappa shape index (κ3) is 3.80. The third-order valence-corrected chi connectivity index (χ3v) is 6.04. The van der Waals surface area contributed by atoms with Crippen LogP contribution in [0.25, 0.3) is 22.3 Å². The molecule has 0 saturated carbocycles. The number of aromatic nitrogens is 3. The van der Waals surface area contributed by atoms with Gasteiger partial charge in [-0.1, -0.05) is 0 Å². The standard InChI is InChI=1S/C21H25N5O2S/c1-14-11-26(12-15(2)28-14)21-23-19-17(20(24-21)25-6-8-27-9-7-25)3-4-18(22-19)16-5-10-29-13-16/h3-5,10,13-15H,6-9,11-12H2,1-2H3. The van der Waals surface area contributed by atoms with Gasteiger partial charge in [0.1, 0.15) is 5.82 Å². The van der Waals surface area contributed by atoms with Crippen LogP contribution < -0.4 is 9.80 Å². The van der Waals surface area contributed by atoms with E-state index in [1.165, 1.54) is 0 Å². The fourth-order valence-electron chi connectivity index (χ4n) is 4.05. The fraction of sp³-hybridized carbons (Fsp3) is 0.476. The van der Waals surface area contributed by atoms with Crippen molar-refractivity contribution in [3.05, 3.63) is 29.0 Å². The molecule has 29 heavy (non-hydrogen) atoms. The van der Waals surface area contributed by atoms with Crippen molar-refractivity contribution in [1.82, 2.24) is 15.0 Å². The summed E-state index contributed by atoms with van der Waals surface area (Å²) in [5.41, 5.74) is 2.81. The predicted octanol–water partition coefficient (Wildman–Crippen LogP) is 3.20. The number of hydrogen-bond donors (Lipinski definition) is 0. The number of morpholine rings is 2. The number of thiophene rings is 1. The Morgan fingerprint density at radius 1 is 0.966 bits per heavy atom. The van der Waals surface area contributed by atoms with Gasteiger partial charge in [0.2, 0.25) is 5.95 Å². The quantitative estimate of drug-likeness (QED) is 0.656. The van der Waals surface area contributed by atoms with Crippen LogP contribution in [0.3, 0.4) is 0 Å². The molecule has 3 aromatic heterocycles. The van der Waals surface area contributed by atoms with Crippen molar-refractivity contribution in [2.45, 2.75) is 26.1 Å². The summed E-state index contributed by atoms with van der Waals surface area (Å²) < 4.78 is 11.5. The van der Waals surface area contributed by atoms with Gasteiger partial charge in [-0.05, 0) is 37.4 Å². The Bertz CT molecular complexity index is 980. The maximum atomic E-state index is 5.90. The van der Waals surface area contributed by atoms with E-state index in [4.69, 9.17) is 24.4 Å². The van der Waals surface area contributed by atoms with Crippen molar-refractivity contribution in [1.29, 1.82) is 0 Å². The van der Waals surface area contributed by atoms with Crippen LogP contribution >= 0.6 is 11.3 Å². The van der Waals surface area contributed by atoms with Crippen molar-refractivity contribution in [2.75, 3.05) is 49.2 Å². The lowest BCUT2D eigenvalue weighted by atomic mass is 10.2. The molecule has 0 N–H and O–H groups in total. The van der Waals surface area contributed by atoms with E-state index >= 15 is 0 Å². The van der Waals surface area contributed by atoms with Crippen molar-refractivity contribution >= 4 is 34.1 Å². The molecule has 0 aromatic carbocycles. The molecule has 0 radical (unpaired) electrons. The van der Waals surface area contributed by atoms with E-state index in [1.807, 2.05) is 0 Å². The monoisotopic (exact) mass is 411 g/mol. The maximum absolute atomic E-state index is 5.90. The molecule has 0 spiro atoms. The highest BCUT2D eigenvalue weighted by molar-refractivity contribution is 7.08. The van der Waals surface area contributed by atoms with Crippen molar-refractivity contribution in [2.24, 2.45) is 0 Å². The first kappa shape index (κ1) is 18.7. The predicted molar refractivity (Wildman–Crippen MR) is 116 cm³/mol. The topological polar surface area (TPSA) is 63.6 Å². The van der Waals surface area contributed by atoms with Gasteiger partial charge in [-0.2, -0.15) is 21.3 Å². The number of nitrogens with zero attached hydrogens (tertiary/aromatic N) is 5. The normalized spacial score (nSPS) is 23.0. The lowest BCUT2D eigenvalue weighted by molar-refractivity contribution is -0.00570. The van der Waals surface area contributed by atoms with Gasteiger partial charge in [0.05, 0.1) is 36.5 Å². The molecule has 2 aliphatic heterocycles. The zero-order chi connectivity index (χ0) is 19.8. The first-order chi connectivity index (χ1) is 14.2. The summed E-state index contributed by atoms with van der Waals surface area (Å²) in [6.07, 6.45) is 0.296. The van der Waals surface area contributed by atoms with Crippen LogP contribution in [0.1, 0.15) is 13.8 Å². The molecule has 2 fully saturated rings. The SMILES string of the molecule is CC1CN(c2nc(N3CCOCC3)c3ccc(-c4ccsc4)nc3n2)CC(C)O1. The molecule has 7 nitrogen and oxygen atoms in total. The summed E-state index contributed by atoms with van der Waals surface area (Å²) in [5.74, 6) is 1.68. The first-order valence-corrected chi connectivity index (χ1v) is 11.1. The van der Waals surface area contributed by atoms with Crippen LogP contribution in [-0.4, -0.2) is 66.6 Å². The largest absolute Gasteiger partial charge is 0.378 e. The number of ether oxygens (including phenoxy) is 2. The van der Waals surface area contributed by atoms with Gasteiger partial charge in [-0.15, -0.1) is 0 Å². The number of hydrogen-bond acceptors (Lipinski definition) is 8. The van der Waals surface area contributed by atoms with Gasteiger partial charge in [0, 0.05) is 37.1 Å². The number of anilines is 2. The summed E-state index contributed by atoms with van der Waals surface area (Å²) >= 11 is 1.68. The van der Waals surface area contributed by atoms with Crippen LogP contribution in [0.2, 0.25) is 0 Å². The summed E-state index contributed by atoms with van der Waals surface area (Å²) in [6, 6.07) is 6.26. The molecule has 0 aliphatic carbocycles. The van der Waals surface area contributed by atoms with E-state index in [2.05, 4.69) is 52.6 Å². The van der Waals surface area contributed by atoms with Crippen LogP contribution in [-0.2, 0) is 9.47 Å². The van der Waals surface area contributed by atoms with Gasteiger partial charge in [-0.3, -0.25) is 0 Å². The molecular weight excluding hydrogens is 386 g/mol. The second-order valence-corrected chi connectivity index (χ2v) is 8.47. The lowest BCUT2D eigenvalue weighted by Crippen LogP contribution is -2.46. The van der Waals surface area contributed by atoms with E-state index in [-0.39, 0.29) is 12.2 Å². The molecule has 5 rings (SSSR count). The zero-order valence-electron chi connectivity index (χ0n) is 16.7. The average Bonchev–Trinajstić information content (AvgIpc) is 3.27. The highest BCUT2D eigenvalue weighted by Crippen LogP contribution is 2.30. The summed E-state index contributed by atoms with van der Waals surface area (Å²) in [5, 5.41) is 5.18. The minimum Gasteiger partial charge on any atom is -0.378 e. The summed E-state index contributed by atoms with van der Waals surface area (Å²) in [4.78, 5) is 19.3. The van der Waals surface area contributed by atoms with E-state index < -0.39 is 0 Å². The summed E-state index contributed by atoms with van der Waals surface area (Å²) in [7, 11) is 0. The molecule has 2 saturated heterocycles. The molecule has 152 valence electrons. The number of rotatable bonds is 3. The van der Waals surface area contributed by atoms with Crippen LogP contribution in [0, 0.1) is 0 Å². The molecule has 2 unspecified atom stereocenters. The fourth-order valence-corrected chi connectivity index (χ4v) is 4.70. The van der Waals surface area contributed by atoms with Crippen LogP contribution in [0.5, 0.6) is 0 Å². The van der Waals surface area contributed by atoms with E-state index in [1.54, 1.807) is 11.3 Å². The van der Waals surface area contributed by atoms with E-state index in [9.17, 15) is 0 Å². The molecule has 0 bridgehead atoms. The Morgan fingerprint density at radius 3 is 2.48 bits per heavy atom. The molecule has 2 atom stereocenters. The minimum atomic E-state index is 0.148. The molecule has 8 heteroatoms. The Balaban J connectivity index is 1.62. The number of pyridine rings is 1. The van der Waals surface area contributed by atoms with Crippen molar-refractivity contribution in [3.63, 3.8) is 0 Å². The number of fused-ring (bicyclic) bond motifs is 1. The van der Waals surface area contributed by atoms with Crippen molar-refractivity contribution in [3.8, 4) is 11.3 Å². The molecule has 0 amide bonds. The smallest absolute Gasteiger partial charge is 0.229 e. The van der Waals surface area contributed by atoms with Gasteiger partial charge >= 0.3 is 0 Å². The third-order valence-electron chi connectivity index (χ3n) is 5.36. The second kappa shape index (κ2) is 7.85. The Labute approximate surface area is 174 Å². The lowest BCUT2D eigenvalue weighted by Gasteiger charge is -2.36. The second-order valence-electron chi connectivity index (χ2n) is 7.69. The van der Waals surface area contributed by atoms with Gasteiger partial charge in [0.25, 0.3) is 0 Å². The van der Waals surface area contributed by atoms with Gasteiger partial charge < -0.3 is 19.3 Å². The van der Waals surface area contributed by atoms with E-state index in [0.29, 0.717) is 13.2 Å². The first-order valence-electron chi connectivity index (χ1n) is 10.1. The average molecular weight is 412 g/mol. The minimum absolute atomic E-state index is 0.148. The van der Waals surface area contributed by atoms with Crippen molar-refractivity contribution < 1.29 is 9.47 Å². The highest BCUT2D eigenvalue weighted by atomic mass is 32.1. The molecular formula is C21H25N5O2S. The van der Waals surface area contributed by atoms with Crippen LogP contribution in [0.4, 0.5) is 11.8 Å². The van der Waals surface area contributed by atoms with Gasteiger partial charge in [-0.25, -0.2) is 4.98 Å². The Kier molecular flexibility index (Phi) is 5.07. The maximum Gasteiger partial charge on any atom is 0.229 e. The highest BCUT2D eigenvalue weighted by Gasteiger charge is 2.26. The van der Waals surface area contributed by atoms with Gasteiger partial charge in [0.15, 0.2) is 5.65 Å². The van der Waals surface area contributed by atoms with E-state index in [0.717, 1.165) is 60.2 Å². The molecule has 2 aliphatic rings. The van der Waals surface area contributed by atoms with Crippen LogP contribution in [0.15, 0.2) is 29.0 Å². The zero-order valence-corrected chi connectivity index (χ0v) is 17.6.